The van der Waals surface area contributed by atoms with E-state index in [1.165, 1.54) is 5.56 Å². The Morgan fingerprint density at radius 1 is 1.03 bits per heavy atom. The Morgan fingerprint density at radius 3 is 2.31 bits per heavy atom. The van der Waals surface area contributed by atoms with E-state index in [0.29, 0.717) is 31.8 Å². The molecule has 0 fully saturated rings. The molecular weight excluding hydrogens is 428 g/mol. The molecule has 1 atom stereocenters. The maximum absolute atomic E-state index is 13.1. The molecule has 0 aliphatic rings. The van der Waals surface area contributed by atoms with Crippen LogP contribution < -0.4 is 5.32 Å². The van der Waals surface area contributed by atoms with Crippen molar-refractivity contribution in [2.24, 2.45) is 0 Å². The zero-order chi connectivity index (χ0) is 21.4. The Bertz CT molecular complexity index is 818. The molecular formula is C24H31BrN2O2. The number of aryl methyl sites for hydroxylation is 1. The summed E-state index contributed by atoms with van der Waals surface area (Å²) in [6.45, 7) is 8.96. The minimum atomic E-state index is -0.523. The first-order valence-corrected chi connectivity index (χ1v) is 11.0. The summed E-state index contributed by atoms with van der Waals surface area (Å²) in [6.07, 6.45) is 1.03. The molecule has 0 heterocycles. The molecule has 4 nitrogen and oxygen atoms in total. The van der Waals surface area contributed by atoms with Gasteiger partial charge in [-0.15, -0.1) is 0 Å². The molecule has 0 aliphatic carbocycles. The number of carbonyl (C=O) groups is 2. The van der Waals surface area contributed by atoms with Crippen LogP contribution in [0.4, 0.5) is 0 Å². The number of carbonyl (C=O) groups excluding carboxylic acids is 2. The minimum Gasteiger partial charge on any atom is -0.355 e. The number of hydrogen-bond acceptors (Lipinski definition) is 2. The molecule has 2 aromatic carbocycles. The number of benzene rings is 2. The Kier molecular flexibility index (Phi) is 8.90. The summed E-state index contributed by atoms with van der Waals surface area (Å²) < 4.78 is 0.957. The molecule has 0 aliphatic heterocycles. The summed E-state index contributed by atoms with van der Waals surface area (Å²) in [4.78, 5) is 27.1. The van der Waals surface area contributed by atoms with E-state index in [1.54, 1.807) is 11.8 Å². The van der Waals surface area contributed by atoms with Gasteiger partial charge in [-0.2, -0.15) is 0 Å². The SMILES string of the molecule is CCNC(=O)[C@H](C)N(Cc1cccc(Br)c1)C(=O)CCc1ccc(C(C)C)cc1. The maximum atomic E-state index is 13.1. The van der Waals surface area contributed by atoms with Crippen LogP contribution in [0.5, 0.6) is 0 Å². The van der Waals surface area contributed by atoms with Crippen LogP contribution in [0, 0.1) is 0 Å². The Balaban J connectivity index is 2.11. The van der Waals surface area contributed by atoms with Crippen LogP contribution >= 0.6 is 15.9 Å². The lowest BCUT2D eigenvalue weighted by Gasteiger charge is -2.29. The van der Waals surface area contributed by atoms with Gasteiger partial charge in [0.05, 0.1) is 0 Å². The van der Waals surface area contributed by atoms with Crippen molar-refractivity contribution >= 4 is 27.7 Å². The number of amides is 2. The van der Waals surface area contributed by atoms with Crippen LogP contribution in [0.3, 0.4) is 0 Å². The highest BCUT2D eigenvalue weighted by Gasteiger charge is 2.25. The van der Waals surface area contributed by atoms with Crippen LogP contribution in [0.15, 0.2) is 53.0 Å². The number of hydrogen-bond donors (Lipinski definition) is 1. The molecule has 1 N–H and O–H groups in total. The van der Waals surface area contributed by atoms with Gasteiger partial charge in [0.2, 0.25) is 11.8 Å². The van der Waals surface area contributed by atoms with Crippen molar-refractivity contribution in [3.63, 3.8) is 0 Å². The quantitative estimate of drug-likeness (QED) is 0.570. The van der Waals surface area contributed by atoms with Gasteiger partial charge in [-0.05, 0) is 55.0 Å². The monoisotopic (exact) mass is 458 g/mol. The normalized spacial score (nSPS) is 11.9. The van der Waals surface area contributed by atoms with E-state index in [1.807, 2.05) is 31.2 Å². The van der Waals surface area contributed by atoms with E-state index in [2.05, 4.69) is 59.4 Å². The Morgan fingerprint density at radius 2 is 1.72 bits per heavy atom. The second kappa shape index (κ2) is 11.1. The van der Waals surface area contributed by atoms with Gasteiger partial charge in [0.1, 0.15) is 6.04 Å². The van der Waals surface area contributed by atoms with Gasteiger partial charge in [-0.3, -0.25) is 9.59 Å². The molecule has 29 heavy (non-hydrogen) atoms. The van der Waals surface area contributed by atoms with Gasteiger partial charge in [-0.1, -0.05) is 66.2 Å². The number of nitrogens with one attached hydrogen (secondary N) is 1. The lowest BCUT2D eigenvalue weighted by molar-refractivity contribution is -0.140. The smallest absolute Gasteiger partial charge is 0.242 e. The standard InChI is InChI=1S/C24H31BrN2O2/c1-5-26-24(29)18(4)27(16-20-7-6-8-22(25)15-20)23(28)14-11-19-9-12-21(13-10-19)17(2)3/h6-10,12-13,15,17-18H,5,11,14,16H2,1-4H3,(H,26,29)/t18-/m0/s1. The van der Waals surface area contributed by atoms with E-state index < -0.39 is 6.04 Å². The van der Waals surface area contributed by atoms with E-state index in [9.17, 15) is 9.59 Å². The highest BCUT2D eigenvalue weighted by Crippen LogP contribution is 2.18. The van der Waals surface area contributed by atoms with E-state index in [0.717, 1.165) is 15.6 Å². The molecule has 2 rings (SSSR count). The summed E-state index contributed by atoms with van der Waals surface area (Å²) in [5.74, 6) is 0.345. The van der Waals surface area contributed by atoms with Crippen molar-refractivity contribution in [2.45, 2.75) is 59.0 Å². The molecule has 2 aromatic rings. The van der Waals surface area contributed by atoms with Gasteiger partial charge in [-0.25, -0.2) is 0 Å². The number of rotatable bonds is 9. The maximum Gasteiger partial charge on any atom is 0.242 e. The summed E-state index contributed by atoms with van der Waals surface area (Å²) >= 11 is 3.47. The van der Waals surface area contributed by atoms with E-state index in [4.69, 9.17) is 0 Å². The molecule has 156 valence electrons. The topological polar surface area (TPSA) is 49.4 Å². The van der Waals surface area contributed by atoms with Crippen molar-refractivity contribution in [3.05, 3.63) is 69.7 Å². The first-order valence-electron chi connectivity index (χ1n) is 10.2. The fourth-order valence-corrected chi connectivity index (χ4v) is 3.65. The summed E-state index contributed by atoms with van der Waals surface area (Å²) in [5, 5.41) is 2.83. The average Bonchev–Trinajstić information content (AvgIpc) is 2.70. The number of likely N-dealkylation sites (N-methyl/N-ethyl adjacent to an activating group) is 1. The number of nitrogens with zero attached hydrogens (tertiary/aromatic N) is 1. The van der Waals surface area contributed by atoms with Crippen LogP contribution in [0.1, 0.15) is 56.7 Å². The summed E-state index contributed by atoms with van der Waals surface area (Å²) in [6, 6.07) is 15.8. The molecule has 2 amide bonds. The third-order valence-electron chi connectivity index (χ3n) is 5.03. The van der Waals surface area contributed by atoms with Crippen LogP contribution in [-0.4, -0.2) is 29.3 Å². The highest BCUT2D eigenvalue weighted by molar-refractivity contribution is 9.10. The number of halogens is 1. The van der Waals surface area contributed by atoms with Crippen molar-refractivity contribution in [1.82, 2.24) is 10.2 Å². The van der Waals surface area contributed by atoms with Crippen LogP contribution in [-0.2, 0) is 22.6 Å². The molecule has 0 unspecified atom stereocenters. The average molecular weight is 459 g/mol. The fourth-order valence-electron chi connectivity index (χ4n) is 3.20. The van der Waals surface area contributed by atoms with Crippen LogP contribution in [0.25, 0.3) is 0 Å². The third-order valence-corrected chi connectivity index (χ3v) is 5.53. The Hall–Kier alpha value is -2.14. The first-order chi connectivity index (χ1) is 13.8. The van der Waals surface area contributed by atoms with Crippen LogP contribution in [0.2, 0.25) is 0 Å². The van der Waals surface area contributed by atoms with Gasteiger partial charge < -0.3 is 10.2 Å². The van der Waals surface area contributed by atoms with E-state index >= 15 is 0 Å². The molecule has 0 saturated heterocycles. The van der Waals surface area contributed by atoms with Crippen molar-refractivity contribution in [3.8, 4) is 0 Å². The summed E-state index contributed by atoms with van der Waals surface area (Å²) in [5.41, 5.74) is 3.42. The molecule has 5 heteroatoms. The lowest BCUT2D eigenvalue weighted by atomic mass is 10.00. The van der Waals surface area contributed by atoms with Crippen molar-refractivity contribution in [1.29, 1.82) is 0 Å². The zero-order valence-corrected chi connectivity index (χ0v) is 19.3. The second-order valence-corrected chi connectivity index (χ2v) is 8.53. The van der Waals surface area contributed by atoms with Gasteiger partial charge in [0.15, 0.2) is 0 Å². The predicted octanol–water partition coefficient (Wildman–Crippen LogP) is 5.06. The Labute approximate surface area is 182 Å². The predicted molar refractivity (Wildman–Crippen MR) is 122 cm³/mol. The van der Waals surface area contributed by atoms with Gasteiger partial charge in [0, 0.05) is 24.0 Å². The lowest BCUT2D eigenvalue weighted by Crippen LogP contribution is -2.47. The highest BCUT2D eigenvalue weighted by atomic mass is 79.9. The minimum absolute atomic E-state index is 0.0170. The van der Waals surface area contributed by atoms with Crippen molar-refractivity contribution in [2.75, 3.05) is 6.54 Å². The van der Waals surface area contributed by atoms with Gasteiger partial charge in [0.25, 0.3) is 0 Å². The van der Waals surface area contributed by atoms with Gasteiger partial charge >= 0.3 is 0 Å². The largest absolute Gasteiger partial charge is 0.355 e. The van der Waals surface area contributed by atoms with E-state index in [-0.39, 0.29) is 11.8 Å². The molecule has 0 aromatic heterocycles. The van der Waals surface area contributed by atoms with Crippen molar-refractivity contribution < 1.29 is 9.59 Å². The fraction of sp³-hybridized carbons (Fsp3) is 0.417. The molecule has 0 spiro atoms. The molecule has 0 bridgehead atoms. The molecule has 0 saturated carbocycles. The second-order valence-electron chi connectivity index (χ2n) is 7.62. The summed E-state index contributed by atoms with van der Waals surface area (Å²) in [7, 11) is 0. The zero-order valence-electron chi connectivity index (χ0n) is 17.7. The third kappa shape index (κ3) is 7.00. The molecule has 0 radical (unpaired) electrons. The first kappa shape index (κ1) is 23.1.